The fourth-order valence-electron chi connectivity index (χ4n) is 28.3. The van der Waals surface area contributed by atoms with E-state index in [2.05, 4.69) is 317 Å². The standard InChI is InChI=1S/C19H27N.C19H21N.C17H23N.C17H25N.C16H23N.C15H21N/c1-13-7-5-6-8-17(13)19-10-15-9-16(11-19)18(3,4)20(12-15)14(19)2;1-13-7-3-4-8-15(13)19-14(2)20-12-11-17(19)16-9-5-6-10-18(16)20;1-12-5-3-4-6-16(12)17-8-14-7-15(9-17)11-18(10-14)13(17)2;1-12-7-5-6-8-15(12)16-14(3)18-10-9-17(16,4)11-13(18)2;1-12-6-4-5-7-14(12)15-13(2)17-10-8-16(15,3)9-11-17;1-11-5-3-4-6-14(11)15-12(2)16-9-7-13(15)8-10-16/h5-8,14-16H,9-12H2,1-4H3;3-10,14,17,19H,11-12H2,1-2H3;3-6,13-15H,7-11H2,1-2H3;5-8,13-14,16H,9-11H2,1-4H3;4-7,13,15H,8-11H2,1-3H3;3-6,12-13,15H,7-10H2,1-2H3. The van der Waals surface area contributed by atoms with E-state index < -0.39 is 0 Å². The van der Waals surface area contributed by atoms with Crippen LogP contribution in [0.1, 0.15) is 262 Å². The van der Waals surface area contributed by atoms with Crippen LogP contribution < -0.4 is 4.90 Å². The van der Waals surface area contributed by atoms with Gasteiger partial charge < -0.3 is 9.80 Å². The van der Waals surface area contributed by atoms with Gasteiger partial charge in [0, 0.05) is 114 Å². The van der Waals surface area contributed by atoms with Crippen molar-refractivity contribution >= 4 is 5.69 Å². The average Bonchev–Trinajstić information content (AvgIpc) is 0.693. The molecule has 20 aliphatic rings. The van der Waals surface area contributed by atoms with E-state index >= 15 is 0 Å². The van der Waals surface area contributed by atoms with Gasteiger partial charge in [0.25, 0.3) is 0 Å². The van der Waals surface area contributed by atoms with E-state index in [9.17, 15) is 0 Å². The molecule has 20 unspecified atom stereocenters. The number of hydrogen-bond donors (Lipinski definition) is 0. The Morgan fingerprint density at radius 3 is 1.30 bits per heavy atom. The summed E-state index contributed by atoms with van der Waals surface area (Å²) >= 11 is 0. The molecular formula is C103H140N6. The number of anilines is 1. The van der Waals surface area contributed by atoms with Crippen molar-refractivity contribution in [3.05, 3.63) is 242 Å². The van der Waals surface area contributed by atoms with Gasteiger partial charge in [0.15, 0.2) is 0 Å². The van der Waals surface area contributed by atoms with Crippen molar-refractivity contribution in [3.63, 3.8) is 0 Å². The van der Waals surface area contributed by atoms with Gasteiger partial charge in [-0.3, -0.25) is 19.6 Å². The third kappa shape index (κ3) is 13.7. The van der Waals surface area contributed by atoms with Crippen molar-refractivity contribution < 1.29 is 0 Å². The Hall–Kier alpha value is -5.86. The molecular weight excluding hydrogens is 1320 g/mol. The van der Waals surface area contributed by atoms with Gasteiger partial charge >= 0.3 is 0 Å². The normalized spacial score (nSPS) is 39.7. The molecule has 16 bridgehead atoms. The highest BCUT2D eigenvalue weighted by Crippen LogP contribution is 2.63. The molecule has 0 spiro atoms. The van der Waals surface area contributed by atoms with Crippen LogP contribution in [0.5, 0.6) is 0 Å². The number of nitrogens with zero attached hydrogens (tertiary/aromatic N) is 6. The van der Waals surface area contributed by atoms with Crippen molar-refractivity contribution in [1.29, 1.82) is 0 Å². The second-order valence-electron chi connectivity index (χ2n) is 39.9. The van der Waals surface area contributed by atoms with Gasteiger partial charge in [0.05, 0.1) is 0 Å². The summed E-state index contributed by atoms with van der Waals surface area (Å²) in [6.07, 6.45) is 18.2. The third-order valence-electron chi connectivity index (χ3n) is 33.9. The maximum absolute atomic E-state index is 2.84. The largest absolute Gasteiger partial charge is 0.368 e. The monoisotopic (exact) mass is 1460 g/mol. The number of rotatable bonds is 6. The van der Waals surface area contributed by atoms with Crippen LogP contribution in [-0.4, -0.2) is 131 Å². The van der Waals surface area contributed by atoms with Gasteiger partial charge in [-0.25, -0.2) is 0 Å². The first-order valence-electron chi connectivity index (χ1n) is 44.3. The smallest absolute Gasteiger partial charge is 0.0404 e. The molecule has 0 radical (unpaired) electrons. The van der Waals surface area contributed by atoms with Crippen LogP contribution in [0.25, 0.3) is 0 Å². The first-order valence-corrected chi connectivity index (χ1v) is 44.3. The number of piperidine rings is 16. The van der Waals surface area contributed by atoms with Crippen molar-refractivity contribution in [2.45, 2.75) is 289 Å². The molecule has 0 amide bonds. The summed E-state index contributed by atoms with van der Waals surface area (Å²) in [5.41, 5.74) is 23.8. The Morgan fingerprint density at radius 1 is 0.349 bits per heavy atom. The first kappa shape index (κ1) is 77.1. The lowest BCUT2D eigenvalue weighted by atomic mass is 9.49. The molecule has 0 N–H and O–H groups in total. The van der Waals surface area contributed by atoms with E-state index in [0.717, 1.165) is 59.6 Å². The van der Waals surface area contributed by atoms with Gasteiger partial charge in [0.1, 0.15) is 0 Å². The zero-order valence-corrected chi connectivity index (χ0v) is 70.7. The lowest BCUT2D eigenvalue weighted by Gasteiger charge is -2.69. The van der Waals surface area contributed by atoms with E-state index in [1.807, 2.05) is 0 Å². The molecule has 27 rings (SSSR count). The number of fused-ring (bicyclic) bond motifs is 11. The molecule has 18 fully saturated rings. The lowest BCUT2D eigenvalue weighted by Crippen LogP contribution is -2.73. The maximum atomic E-state index is 2.84. The SMILES string of the molecule is Cc1ccccc1C12CC3CC(C1)C(C)(C)N(C3)C2C.Cc1ccccc1C12CC3CC(CN(C3)C1C)C2.Cc1ccccc1C1C(C)N2CCC1(C)CC2.Cc1ccccc1C1C(C)N2CCC1(C)CC2C.Cc1ccccc1C1C2CCN(CC2)C1C.Cc1ccccc1C1C2CCN(c3ccccc32)C1C. The van der Waals surface area contributed by atoms with Crippen LogP contribution in [0.15, 0.2) is 170 Å². The van der Waals surface area contributed by atoms with Crippen molar-refractivity contribution in [2.75, 3.05) is 63.8 Å². The Labute approximate surface area is 662 Å². The minimum Gasteiger partial charge on any atom is -0.368 e. The summed E-state index contributed by atoms with van der Waals surface area (Å²) in [6.45, 7) is 52.6. The summed E-state index contributed by atoms with van der Waals surface area (Å²) < 4.78 is 0. The zero-order chi connectivity index (χ0) is 76.2. The molecule has 109 heavy (non-hydrogen) atoms. The Kier molecular flexibility index (Phi) is 21.6. The van der Waals surface area contributed by atoms with Gasteiger partial charge in [-0.1, -0.05) is 178 Å². The highest BCUT2D eigenvalue weighted by Gasteiger charge is 2.62. The molecule has 6 heteroatoms. The molecule has 0 aromatic heterocycles. The molecule has 582 valence electrons. The number of para-hydroxylation sites is 1. The van der Waals surface area contributed by atoms with Gasteiger partial charge in [-0.2, -0.15) is 0 Å². The van der Waals surface area contributed by atoms with Gasteiger partial charge in [-0.05, 0) is 345 Å². The molecule has 7 aromatic carbocycles. The highest BCUT2D eigenvalue weighted by atomic mass is 15.3. The topological polar surface area (TPSA) is 19.4 Å². The molecule has 2 aliphatic carbocycles. The second-order valence-corrected chi connectivity index (χ2v) is 39.9. The fourth-order valence-corrected chi connectivity index (χ4v) is 28.3. The van der Waals surface area contributed by atoms with Crippen LogP contribution in [0.3, 0.4) is 0 Å². The maximum Gasteiger partial charge on any atom is 0.0404 e. The van der Waals surface area contributed by atoms with Crippen molar-refractivity contribution in [2.24, 2.45) is 40.4 Å². The van der Waals surface area contributed by atoms with Crippen LogP contribution in [-0.2, 0) is 10.8 Å². The summed E-state index contributed by atoms with van der Waals surface area (Å²) in [4.78, 5) is 16.3. The van der Waals surface area contributed by atoms with Crippen molar-refractivity contribution in [1.82, 2.24) is 24.5 Å². The summed E-state index contributed by atoms with van der Waals surface area (Å²) in [7, 11) is 0. The van der Waals surface area contributed by atoms with Gasteiger partial charge in [-0.15, -0.1) is 0 Å². The molecule has 18 aliphatic heterocycles. The fraction of sp³-hybridized carbons (Fsp3) is 0.592. The summed E-state index contributed by atoms with van der Waals surface area (Å²) in [6, 6.07) is 68.1. The molecule has 18 heterocycles. The Morgan fingerprint density at radius 2 is 0.798 bits per heavy atom. The van der Waals surface area contributed by atoms with E-state index in [1.165, 1.54) is 181 Å². The summed E-state index contributed by atoms with van der Waals surface area (Å²) in [5.74, 6) is 8.22. The number of benzene rings is 7. The van der Waals surface area contributed by atoms with Crippen molar-refractivity contribution in [3.8, 4) is 0 Å². The minimum absolute atomic E-state index is 0.405. The van der Waals surface area contributed by atoms with Crippen LogP contribution in [0.2, 0.25) is 0 Å². The molecule has 20 atom stereocenters. The Bertz CT molecular complexity index is 4300. The predicted molar refractivity (Wildman–Crippen MR) is 460 cm³/mol. The first-order chi connectivity index (χ1) is 52.3. The van der Waals surface area contributed by atoms with E-state index in [0.29, 0.717) is 69.1 Å². The molecule has 7 aromatic rings. The quantitative estimate of drug-likeness (QED) is 0.164. The molecule has 2 saturated carbocycles. The van der Waals surface area contributed by atoms with E-state index in [4.69, 9.17) is 0 Å². The second kappa shape index (κ2) is 30.5. The number of aryl methyl sites for hydroxylation is 6. The zero-order valence-electron chi connectivity index (χ0n) is 70.7. The molecule has 6 nitrogen and oxygen atoms in total. The lowest BCUT2D eigenvalue weighted by molar-refractivity contribution is -0.157. The van der Waals surface area contributed by atoms with Crippen LogP contribution >= 0.6 is 0 Å². The number of hydrogen-bond acceptors (Lipinski definition) is 6. The van der Waals surface area contributed by atoms with Gasteiger partial charge in [0.2, 0.25) is 0 Å². The predicted octanol–water partition coefficient (Wildman–Crippen LogP) is 22.7. The Balaban J connectivity index is 0.0000000997. The molecule has 16 saturated heterocycles. The van der Waals surface area contributed by atoms with E-state index in [1.54, 1.807) is 38.9 Å². The third-order valence-corrected chi connectivity index (χ3v) is 33.9. The van der Waals surface area contributed by atoms with Crippen LogP contribution in [0, 0.1) is 82.0 Å². The highest BCUT2D eigenvalue weighted by molar-refractivity contribution is 5.63. The summed E-state index contributed by atoms with van der Waals surface area (Å²) in [5, 5.41) is 0. The average molecular weight is 1460 g/mol. The minimum atomic E-state index is 0.405. The van der Waals surface area contributed by atoms with Crippen LogP contribution in [0.4, 0.5) is 5.69 Å². The van der Waals surface area contributed by atoms with E-state index in [-0.39, 0.29) is 0 Å².